The molecule has 0 unspecified atom stereocenters. The summed E-state index contributed by atoms with van der Waals surface area (Å²) in [5.74, 6) is -0.337. The monoisotopic (exact) mass is 980 g/mol. The smallest absolute Gasteiger partial charge is 0.296 e. The second-order valence-electron chi connectivity index (χ2n) is 15.4. The minimum atomic E-state index is -4.76. The minimum absolute atomic E-state index is 0.00535. The molecule has 0 fully saturated rings. The third kappa shape index (κ3) is 9.32. The van der Waals surface area contributed by atoms with Crippen molar-refractivity contribution in [3.8, 4) is 34.7 Å². The van der Waals surface area contributed by atoms with Gasteiger partial charge in [0.15, 0.2) is 16.3 Å². The molecule has 9 aromatic rings. The van der Waals surface area contributed by atoms with Crippen LogP contribution in [-0.4, -0.2) is 64.9 Å². The number of aromatic hydroxyl groups is 1. The molecule has 69 heavy (non-hydrogen) atoms. The predicted molar refractivity (Wildman–Crippen MR) is 259 cm³/mol. The third-order valence-corrected chi connectivity index (χ3v) is 13.5. The van der Waals surface area contributed by atoms with Gasteiger partial charge in [-0.05, 0) is 78.4 Å². The number of nitriles is 1. The standard InChI is InChI=1S/C47H36N10O9S3/c1-26-21-36(52-54-42-27(2)33(25-48)44-49-34-16-6-7-17-38(34)57(44)46(42)58)40(66-19-10-20-68(59,60)61)24-35(26)51-56-47-50-43(31-15-8-12-28-11-4-5-14-30(28)31)45(67-47)55-53-37-23-32-29(13-9-18-39(32)65-3)22-41(37)69(62,63)64/h4-9,11-18,21-24,58H,10,19-20H2,1-3H3,(H,59,60,61)(H,62,63,64). The van der Waals surface area contributed by atoms with Gasteiger partial charge < -0.3 is 14.6 Å². The van der Waals surface area contributed by atoms with Gasteiger partial charge in [-0.3, -0.25) is 13.5 Å². The number of aromatic nitrogens is 3. The zero-order valence-corrected chi connectivity index (χ0v) is 39.0. The fourth-order valence-corrected chi connectivity index (χ4v) is 9.50. The van der Waals surface area contributed by atoms with Crippen LogP contribution in [0.3, 0.4) is 0 Å². The highest BCUT2D eigenvalue weighted by atomic mass is 32.2. The van der Waals surface area contributed by atoms with Crippen molar-refractivity contribution in [2.75, 3.05) is 19.5 Å². The van der Waals surface area contributed by atoms with Crippen molar-refractivity contribution in [1.29, 1.82) is 5.26 Å². The molecular weight excluding hydrogens is 945 g/mol. The zero-order valence-electron chi connectivity index (χ0n) is 36.5. The number of aryl methyl sites for hydroxylation is 1. The van der Waals surface area contributed by atoms with Crippen LogP contribution in [0.15, 0.2) is 145 Å². The molecule has 19 nitrogen and oxygen atoms in total. The summed E-state index contributed by atoms with van der Waals surface area (Å²) in [6.45, 7) is 3.17. The van der Waals surface area contributed by atoms with Crippen molar-refractivity contribution >= 4 is 103 Å². The number of rotatable bonds is 14. The van der Waals surface area contributed by atoms with Gasteiger partial charge in [-0.25, -0.2) is 9.97 Å². The van der Waals surface area contributed by atoms with E-state index in [1.807, 2.05) is 42.5 Å². The van der Waals surface area contributed by atoms with Crippen LogP contribution >= 0.6 is 11.3 Å². The van der Waals surface area contributed by atoms with E-state index < -0.39 is 30.9 Å². The Morgan fingerprint density at radius 1 is 0.754 bits per heavy atom. The lowest BCUT2D eigenvalue weighted by atomic mass is 10.0. The molecule has 22 heteroatoms. The number of pyridine rings is 1. The molecule has 3 aromatic heterocycles. The first-order valence-electron chi connectivity index (χ1n) is 20.7. The number of imidazole rings is 1. The average molecular weight is 981 g/mol. The van der Waals surface area contributed by atoms with Crippen molar-refractivity contribution in [3.05, 3.63) is 126 Å². The van der Waals surface area contributed by atoms with Crippen LogP contribution in [0.1, 0.15) is 23.1 Å². The van der Waals surface area contributed by atoms with E-state index in [0.29, 0.717) is 49.9 Å². The van der Waals surface area contributed by atoms with Crippen LogP contribution in [0.25, 0.3) is 49.5 Å². The zero-order chi connectivity index (χ0) is 48.6. The van der Waals surface area contributed by atoms with Crippen LogP contribution < -0.4 is 9.47 Å². The number of fused-ring (bicyclic) bond motifs is 5. The fraction of sp³-hybridized carbons (Fsp3) is 0.128. The maximum absolute atomic E-state index is 12.6. The first-order valence-corrected chi connectivity index (χ1v) is 24.6. The summed E-state index contributed by atoms with van der Waals surface area (Å²) in [4.78, 5) is 8.88. The number of methoxy groups -OCH3 is 1. The number of hydrogen-bond donors (Lipinski definition) is 3. The lowest BCUT2D eigenvalue weighted by Crippen LogP contribution is -2.08. The summed E-state index contributed by atoms with van der Waals surface area (Å²) >= 11 is 1.00. The molecule has 0 radical (unpaired) electrons. The van der Waals surface area contributed by atoms with Crippen LogP contribution in [0.4, 0.5) is 32.9 Å². The summed E-state index contributed by atoms with van der Waals surface area (Å²) in [7, 11) is -7.58. The van der Waals surface area contributed by atoms with Gasteiger partial charge >= 0.3 is 0 Å². The Morgan fingerprint density at radius 2 is 1.48 bits per heavy atom. The SMILES string of the molecule is COc1cccc2cc(S(=O)(=O)O)c(N=Nc3sc(N=Nc4cc(OCCCS(=O)(=O)O)c(N=Nc5c(C)c(C#N)c6nc7ccccc7n6c5O)cc4C)nc3-c3cccc4ccccc34)cc12. The number of ether oxygens (including phenoxy) is 2. The maximum Gasteiger partial charge on any atom is 0.296 e. The van der Waals surface area contributed by atoms with Crippen LogP contribution in [0.5, 0.6) is 17.4 Å². The predicted octanol–water partition coefficient (Wildman–Crippen LogP) is 12.3. The molecule has 0 saturated heterocycles. The van der Waals surface area contributed by atoms with E-state index in [-0.39, 0.29) is 68.8 Å². The summed E-state index contributed by atoms with van der Waals surface area (Å²) < 4.78 is 80.8. The van der Waals surface area contributed by atoms with Crippen LogP contribution in [0.2, 0.25) is 0 Å². The topological polar surface area (TPSA) is 276 Å². The summed E-state index contributed by atoms with van der Waals surface area (Å²) in [6, 6.07) is 33.4. The van der Waals surface area contributed by atoms with E-state index in [9.17, 15) is 36.3 Å². The Hall–Kier alpha value is -8.07. The lowest BCUT2D eigenvalue weighted by Gasteiger charge is -2.11. The Bertz CT molecular complexity index is 3910. The molecule has 0 aliphatic rings. The van der Waals surface area contributed by atoms with Gasteiger partial charge in [0, 0.05) is 22.6 Å². The van der Waals surface area contributed by atoms with Gasteiger partial charge in [0.2, 0.25) is 11.0 Å². The fourth-order valence-electron chi connectivity index (χ4n) is 7.65. The Kier molecular flexibility index (Phi) is 12.4. The number of para-hydroxylation sites is 2. The molecule has 346 valence electrons. The number of nitrogens with zero attached hydrogens (tertiary/aromatic N) is 10. The average Bonchev–Trinajstić information content (AvgIpc) is 3.92. The van der Waals surface area contributed by atoms with Gasteiger partial charge in [-0.15, -0.1) is 30.7 Å². The van der Waals surface area contributed by atoms with E-state index in [4.69, 9.17) is 14.5 Å². The molecule has 0 spiro atoms. The van der Waals surface area contributed by atoms with E-state index in [1.165, 1.54) is 29.7 Å². The molecule has 0 aliphatic carbocycles. The molecular formula is C47H36N10O9S3. The molecule has 0 saturated carbocycles. The van der Waals surface area contributed by atoms with Crippen LogP contribution in [0, 0.1) is 25.2 Å². The van der Waals surface area contributed by atoms with E-state index in [1.54, 1.807) is 62.4 Å². The van der Waals surface area contributed by atoms with E-state index in [2.05, 4.69) is 41.7 Å². The molecule has 3 heterocycles. The van der Waals surface area contributed by atoms with Crippen molar-refractivity contribution < 1.29 is 40.5 Å². The van der Waals surface area contributed by atoms with Gasteiger partial charge in [0.05, 0.1) is 36.2 Å². The second kappa shape index (κ2) is 18.5. The summed E-state index contributed by atoms with van der Waals surface area (Å²) in [6.07, 6.45) is -0.0815. The van der Waals surface area contributed by atoms with Crippen LogP contribution in [-0.2, 0) is 20.2 Å². The van der Waals surface area contributed by atoms with Gasteiger partial charge in [0.25, 0.3) is 20.2 Å². The highest BCUT2D eigenvalue weighted by molar-refractivity contribution is 7.86. The van der Waals surface area contributed by atoms with Gasteiger partial charge in [-0.2, -0.15) is 22.1 Å². The van der Waals surface area contributed by atoms with Crippen molar-refractivity contribution in [2.45, 2.75) is 25.2 Å². The number of benzene rings is 6. The highest BCUT2D eigenvalue weighted by Crippen LogP contribution is 2.45. The number of hydrogen-bond acceptors (Lipinski definition) is 17. The quantitative estimate of drug-likeness (QED) is 0.0521. The van der Waals surface area contributed by atoms with Gasteiger partial charge in [-0.1, -0.05) is 78.1 Å². The summed E-state index contributed by atoms with van der Waals surface area (Å²) in [5, 5.41) is 51.4. The largest absolute Gasteiger partial charge is 0.496 e. The maximum atomic E-state index is 12.6. The molecule has 0 atom stereocenters. The van der Waals surface area contributed by atoms with Crippen molar-refractivity contribution in [1.82, 2.24) is 14.4 Å². The molecule has 3 N–H and O–H groups in total. The lowest BCUT2D eigenvalue weighted by molar-refractivity contribution is 0.317. The second-order valence-corrected chi connectivity index (χ2v) is 19.3. The third-order valence-electron chi connectivity index (χ3n) is 10.9. The Labute approximate surface area is 396 Å². The molecule has 0 aliphatic heterocycles. The number of azo groups is 3. The normalized spacial score (nSPS) is 12.4. The van der Waals surface area contributed by atoms with E-state index >= 15 is 0 Å². The van der Waals surface area contributed by atoms with Gasteiger partial charge in [0.1, 0.15) is 45.1 Å². The first kappa shape index (κ1) is 46.1. The molecule has 0 bridgehead atoms. The molecule has 0 amide bonds. The van der Waals surface area contributed by atoms with Crippen molar-refractivity contribution in [3.63, 3.8) is 0 Å². The minimum Gasteiger partial charge on any atom is -0.496 e. The Morgan fingerprint density at radius 3 is 2.26 bits per heavy atom. The molecule has 6 aromatic carbocycles. The Balaban J connectivity index is 1.12. The first-order chi connectivity index (χ1) is 33.1. The summed E-state index contributed by atoms with van der Waals surface area (Å²) in [5.41, 5.74) is 3.68. The van der Waals surface area contributed by atoms with E-state index in [0.717, 1.165) is 22.1 Å². The number of thiazole rings is 1. The highest BCUT2D eigenvalue weighted by Gasteiger charge is 2.23. The molecule has 9 rings (SSSR count). The van der Waals surface area contributed by atoms with Crippen molar-refractivity contribution in [2.24, 2.45) is 30.7 Å².